The van der Waals surface area contributed by atoms with Gasteiger partial charge in [0.15, 0.2) is 11.5 Å². The lowest BCUT2D eigenvalue weighted by atomic mass is 9.92. The lowest BCUT2D eigenvalue weighted by Crippen LogP contribution is -2.46. The average Bonchev–Trinajstić information content (AvgIpc) is 2.91. The summed E-state index contributed by atoms with van der Waals surface area (Å²) in [6.45, 7) is 2.62. The summed E-state index contributed by atoms with van der Waals surface area (Å²) in [4.78, 5) is 28.8. The smallest absolute Gasteiger partial charge is 0.326 e. The van der Waals surface area contributed by atoms with Gasteiger partial charge in [-0.3, -0.25) is 9.69 Å². The van der Waals surface area contributed by atoms with Crippen LogP contribution in [0.2, 0.25) is 0 Å². The van der Waals surface area contributed by atoms with Gasteiger partial charge in [-0.2, -0.15) is 0 Å². The molecule has 0 unspecified atom stereocenters. The Morgan fingerprint density at radius 3 is 2.34 bits per heavy atom. The van der Waals surface area contributed by atoms with Crippen molar-refractivity contribution in [3.05, 3.63) is 59.7 Å². The van der Waals surface area contributed by atoms with Crippen molar-refractivity contribution in [1.82, 2.24) is 15.1 Å². The molecule has 3 amide bonds. The van der Waals surface area contributed by atoms with Gasteiger partial charge in [-0.15, -0.1) is 0 Å². The van der Waals surface area contributed by atoms with Gasteiger partial charge in [0, 0.05) is 13.0 Å². The highest BCUT2D eigenvalue weighted by molar-refractivity contribution is 6.06. The number of benzene rings is 2. The molecule has 0 aromatic heterocycles. The molecule has 7 heteroatoms. The molecule has 3 rings (SSSR count). The topological polar surface area (TPSA) is 71.1 Å². The lowest BCUT2D eigenvalue weighted by molar-refractivity contribution is -0.132. The maximum Gasteiger partial charge on any atom is 0.326 e. The van der Waals surface area contributed by atoms with Gasteiger partial charge in [0.25, 0.3) is 5.91 Å². The highest BCUT2D eigenvalue weighted by Crippen LogP contribution is 2.30. The van der Waals surface area contributed by atoms with Crippen molar-refractivity contribution in [2.24, 2.45) is 0 Å². The average molecular weight is 397 g/mol. The monoisotopic (exact) mass is 397 g/mol. The minimum Gasteiger partial charge on any atom is -0.493 e. The molecular formula is C22H27N3O4. The summed E-state index contributed by atoms with van der Waals surface area (Å²) in [5, 5.41) is 2.85. The molecule has 0 aliphatic carbocycles. The Morgan fingerprint density at radius 1 is 1.00 bits per heavy atom. The summed E-state index contributed by atoms with van der Waals surface area (Å²) in [6.07, 6.45) is 0.358. The molecule has 1 atom stereocenters. The van der Waals surface area contributed by atoms with Gasteiger partial charge in [-0.25, -0.2) is 9.69 Å². The first-order chi connectivity index (χ1) is 13.9. The van der Waals surface area contributed by atoms with Crippen LogP contribution in [0.15, 0.2) is 48.5 Å². The Kier molecular flexibility index (Phi) is 6.08. The SMILES string of the molecule is COc1ccc(C[C@]2(C)NC(=O)N(CN(C)Cc3ccccc3)C2=O)cc1OC. The van der Waals surface area contributed by atoms with E-state index in [-0.39, 0.29) is 18.6 Å². The van der Waals surface area contributed by atoms with Crippen molar-refractivity contribution in [3.8, 4) is 11.5 Å². The predicted molar refractivity (Wildman–Crippen MR) is 110 cm³/mol. The van der Waals surface area contributed by atoms with Gasteiger partial charge in [0.05, 0.1) is 20.9 Å². The van der Waals surface area contributed by atoms with Crippen LogP contribution >= 0.6 is 0 Å². The first-order valence-electron chi connectivity index (χ1n) is 9.44. The molecule has 0 saturated carbocycles. The van der Waals surface area contributed by atoms with Gasteiger partial charge in [0.1, 0.15) is 5.54 Å². The molecule has 0 spiro atoms. The van der Waals surface area contributed by atoms with E-state index in [0.29, 0.717) is 24.5 Å². The fraction of sp³-hybridized carbons (Fsp3) is 0.364. The Hall–Kier alpha value is -3.06. The van der Waals surface area contributed by atoms with Crippen molar-refractivity contribution >= 4 is 11.9 Å². The third-order valence-electron chi connectivity index (χ3n) is 5.03. The number of urea groups is 1. The van der Waals surface area contributed by atoms with E-state index in [1.807, 2.05) is 54.4 Å². The van der Waals surface area contributed by atoms with E-state index in [9.17, 15) is 9.59 Å². The van der Waals surface area contributed by atoms with E-state index in [4.69, 9.17) is 9.47 Å². The van der Waals surface area contributed by atoms with Crippen molar-refractivity contribution in [2.75, 3.05) is 27.9 Å². The zero-order chi connectivity index (χ0) is 21.0. The van der Waals surface area contributed by atoms with E-state index in [1.54, 1.807) is 27.2 Å². The number of rotatable bonds is 8. The second-order valence-corrected chi connectivity index (χ2v) is 7.50. The summed E-state index contributed by atoms with van der Waals surface area (Å²) in [5.74, 6) is 0.967. The number of hydrogen-bond donors (Lipinski definition) is 1. The van der Waals surface area contributed by atoms with Crippen LogP contribution in [-0.4, -0.2) is 55.2 Å². The molecule has 1 saturated heterocycles. The van der Waals surface area contributed by atoms with Crippen LogP contribution in [-0.2, 0) is 17.8 Å². The molecule has 154 valence electrons. The Morgan fingerprint density at radius 2 is 1.69 bits per heavy atom. The minimum absolute atomic E-state index is 0.223. The molecule has 29 heavy (non-hydrogen) atoms. The van der Waals surface area contributed by atoms with E-state index in [2.05, 4.69) is 5.32 Å². The van der Waals surface area contributed by atoms with Gasteiger partial charge in [-0.1, -0.05) is 36.4 Å². The van der Waals surface area contributed by atoms with Crippen molar-refractivity contribution in [2.45, 2.75) is 25.4 Å². The van der Waals surface area contributed by atoms with E-state index < -0.39 is 5.54 Å². The number of nitrogens with zero attached hydrogens (tertiary/aromatic N) is 2. The molecule has 7 nitrogen and oxygen atoms in total. The third kappa shape index (κ3) is 4.51. The first kappa shape index (κ1) is 20.7. The molecule has 2 aromatic rings. The van der Waals surface area contributed by atoms with Crippen LogP contribution in [0.1, 0.15) is 18.1 Å². The highest BCUT2D eigenvalue weighted by atomic mass is 16.5. The lowest BCUT2D eigenvalue weighted by Gasteiger charge is -2.25. The summed E-state index contributed by atoms with van der Waals surface area (Å²) < 4.78 is 10.6. The van der Waals surface area contributed by atoms with Crippen molar-refractivity contribution < 1.29 is 19.1 Å². The molecular weight excluding hydrogens is 370 g/mol. The largest absolute Gasteiger partial charge is 0.493 e. The molecule has 2 aromatic carbocycles. The van der Waals surface area contributed by atoms with Crippen LogP contribution in [0.5, 0.6) is 11.5 Å². The van der Waals surface area contributed by atoms with Crippen LogP contribution in [0.3, 0.4) is 0 Å². The second-order valence-electron chi connectivity index (χ2n) is 7.50. The number of amides is 3. The summed E-state index contributed by atoms with van der Waals surface area (Å²) in [7, 11) is 5.02. The zero-order valence-corrected chi connectivity index (χ0v) is 17.3. The standard InChI is InChI=1S/C22H27N3O4/c1-22(13-17-10-11-18(28-3)19(12-17)29-4)20(26)25(21(27)23-22)15-24(2)14-16-8-6-5-7-9-16/h5-12H,13-15H2,1-4H3,(H,23,27)/t22-/m0/s1. The fourth-order valence-electron chi connectivity index (χ4n) is 3.58. The number of methoxy groups -OCH3 is 2. The second kappa shape index (κ2) is 8.53. The Balaban J connectivity index is 1.70. The van der Waals surface area contributed by atoms with Crippen LogP contribution in [0.25, 0.3) is 0 Å². The van der Waals surface area contributed by atoms with Gasteiger partial charge < -0.3 is 14.8 Å². The molecule has 1 N–H and O–H groups in total. The molecule has 0 radical (unpaired) electrons. The van der Waals surface area contributed by atoms with Crippen LogP contribution in [0, 0.1) is 0 Å². The number of imide groups is 1. The number of ether oxygens (including phenoxy) is 2. The van der Waals surface area contributed by atoms with Gasteiger partial charge >= 0.3 is 6.03 Å². The predicted octanol–water partition coefficient (Wildman–Crippen LogP) is 2.65. The van der Waals surface area contributed by atoms with E-state index >= 15 is 0 Å². The molecule has 1 fully saturated rings. The Labute approximate surface area is 171 Å². The third-order valence-corrected chi connectivity index (χ3v) is 5.03. The molecule has 1 aliphatic rings. The highest BCUT2D eigenvalue weighted by Gasteiger charge is 2.47. The first-order valence-corrected chi connectivity index (χ1v) is 9.44. The maximum absolute atomic E-state index is 13.1. The fourth-order valence-corrected chi connectivity index (χ4v) is 3.58. The molecule has 1 aliphatic heterocycles. The zero-order valence-electron chi connectivity index (χ0n) is 17.3. The summed E-state index contributed by atoms with van der Waals surface area (Å²) >= 11 is 0. The van der Waals surface area contributed by atoms with Crippen molar-refractivity contribution in [3.63, 3.8) is 0 Å². The number of nitrogens with one attached hydrogen (secondary N) is 1. The van der Waals surface area contributed by atoms with Crippen LogP contribution < -0.4 is 14.8 Å². The van der Waals surface area contributed by atoms with Crippen LogP contribution in [0.4, 0.5) is 4.79 Å². The number of carbonyl (C=O) groups is 2. The maximum atomic E-state index is 13.1. The van der Waals surface area contributed by atoms with E-state index in [1.165, 1.54) is 4.90 Å². The van der Waals surface area contributed by atoms with Gasteiger partial charge in [-0.05, 0) is 37.2 Å². The summed E-state index contributed by atoms with van der Waals surface area (Å²) in [6, 6.07) is 15.0. The van der Waals surface area contributed by atoms with E-state index in [0.717, 1.165) is 11.1 Å². The normalized spacial score (nSPS) is 18.9. The number of hydrogen-bond acceptors (Lipinski definition) is 5. The van der Waals surface area contributed by atoms with Crippen molar-refractivity contribution in [1.29, 1.82) is 0 Å². The minimum atomic E-state index is -1.01. The molecule has 0 bridgehead atoms. The quantitative estimate of drug-likeness (QED) is 0.694. The Bertz CT molecular complexity index is 887. The molecule has 1 heterocycles. The summed E-state index contributed by atoms with van der Waals surface area (Å²) in [5.41, 5.74) is 0.984. The number of carbonyl (C=O) groups excluding carboxylic acids is 2. The van der Waals surface area contributed by atoms with Gasteiger partial charge in [0.2, 0.25) is 0 Å².